The third kappa shape index (κ3) is 4.77. The first-order chi connectivity index (χ1) is 15.5. The van der Waals surface area contributed by atoms with Gasteiger partial charge in [0.15, 0.2) is 18.1 Å². The van der Waals surface area contributed by atoms with E-state index in [1.54, 1.807) is 42.5 Å². The van der Waals surface area contributed by atoms with Gasteiger partial charge in [-0.1, -0.05) is 12.1 Å². The second-order valence-corrected chi connectivity index (χ2v) is 7.58. The number of carbonyl (C=O) groups excluding carboxylic acids is 3. The molecule has 1 spiro atoms. The number of carbonyl (C=O) groups is 3. The van der Waals surface area contributed by atoms with Crippen molar-refractivity contribution < 1.29 is 33.3 Å². The predicted molar refractivity (Wildman–Crippen MR) is 114 cm³/mol. The summed E-state index contributed by atoms with van der Waals surface area (Å²) in [4.78, 5) is 36.2. The Kier molecular flexibility index (Phi) is 6.16. The topological polar surface area (TPSA) is 112 Å². The number of nitrogens with one attached hydrogen (secondary N) is 2. The molecule has 1 saturated carbocycles. The zero-order valence-electron chi connectivity index (χ0n) is 17.6. The molecule has 1 fully saturated rings. The SMILES string of the molecule is COc1ccccc1C(=O)NCC(=O)OCC(=O)Nc1ccc2c(c1)OC1(CCCC1)O2. The molecule has 1 aliphatic heterocycles. The summed E-state index contributed by atoms with van der Waals surface area (Å²) in [7, 11) is 1.45. The molecule has 1 heterocycles. The highest BCUT2D eigenvalue weighted by Crippen LogP contribution is 2.47. The largest absolute Gasteiger partial charge is 0.496 e. The Morgan fingerprint density at radius 1 is 1.03 bits per heavy atom. The Labute approximate surface area is 185 Å². The fraction of sp³-hybridized carbons (Fsp3) is 0.348. The minimum absolute atomic E-state index is 0.294. The number of ether oxygens (including phenoxy) is 4. The van der Waals surface area contributed by atoms with Crippen LogP contribution in [0.2, 0.25) is 0 Å². The monoisotopic (exact) mass is 440 g/mol. The summed E-state index contributed by atoms with van der Waals surface area (Å²) in [5, 5.41) is 5.10. The number of rotatable bonds is 7. The van der Waals surface area contributed by atoms with E-state index >= 15 is 0 Å². The molecule has 9 nitrogen and oxygen atoms in total. The average molecular weight is 440 g/mol. The number of esters is 1. The van der Waals surface area contributed by atoms with Crippen molar-refractivity contribution in [1.82, 2.24) is 5.32 Å². The number of hydrogen-bond donors (Lipinski definition) is 2. The minimum atomic E-state index is -0.739. The summed E-state index contributed by atoms with van der Waals surface area (Å²) in [6.07, 6.45) is 3.80. The first kappa shape index (κ1) is 21.5. The molecule has 0 unspecified atom stereocenters. The van der Waals surface area contributed by atoms with Crippen molar-refractivity contribution in [2.45, 2.75) is 31.5 Å². The average Bonchev–Trinajstić information content (AvgIpc) is 3.41. The van der Waals surface area contributed by atoms with Gasteiger partial charge in [0.1, 0.15) is 12.3 Å². The van der Waals surface area contributed by atoms with Crippen molar-refractivity contribution in [1.29, 1.82) is 0 Å². The fourth-order valence-electron chi connectivity index (χ4n) is 3.76. The molecule has 0 bridgehead atoms. The van der Waals surface area contributed by atoms with Crippen LogP contribution in [0.15, 0.2) is 42.5 Å². The lowest BCUT2D eigenvalue weighted by Gasteiger charge is -2.21. The van der Waals surface area contributed by atoms with Crippen molar-refractivity contribution >= 4 is 23.5 Å². The molecule has 2 aliphatic rings. The number of methoxy groups -OCH3 is 1. The van der Waals surface area contributed by atoms with Crippen LogP contribution < -0.4 is 24.8 Å². The Morgan fingerprint density at radius 2 is 1.78 bits per heavy atom. The van der Waals surface area contributed by atoms with Crippen molar-refractivity contribution in [3.63, 3.8) is 0 Å². The molecular formula is C23H24N2O7. The second-order valence-electron chi connectivity index (χ2n) is 7.58. The number of benzene rings is 2. The summed E-state index contributed by atoms with van der Waals surface area (Å²) in [6, 6.07) is 11.8. The fourth-order valence-corrected chi connectivity index (χ4v) is 3.76. The molecule has 9 heteroatoms. The number of fused-ring (bicyclic) bond motifs is 1. The molecule has 2 aromatic rings. The maximum Gasteiger partial charge on any atom is 0.325 e. The van der Waals surface area contributed by atoms with Gasteiger partial charge in [-0.15, -0.1) is 0 Å². The molecule has 1 aliphatic carbocycles. The molecule has 0 saturated heterocycles. The van der Waals surface area contributed by atoms with Gasteiger partial charge >= 0.3 is 5.97 Å². The van der Waals surface area contributed by atoms with Crippen LogP contribution in [-0.2, 0) is 14.3 Å². The van der Waals surface area contributed by atoms with Crippen molar-refractivity contribution in [2.24, 2.45) is 0 Å². The van der Waals surface area contributed by atoms with E-state index in [-0.39, 0.29) is 6.54 Å². The van der Waals surface area contributed by atoms with E-state index in [4.69, 9.17) is 18.9 Å². The molecule has 32 heavy (non-hydrogen) atoms. The Bertz CT molecular complexity index is 1030. The van der Waals surface area contributed by atoms with Gasteiger partial charge in [-0.05, 0) is 37.1 Å². The Balaban J connectivity index is 1.22. The standard InChI is InChI=1S/C23H24N2O7/c1-29-17-7-3-2-6-16(17)22(28)24-13-21(27)30-14-20(26)25-15-8-9-18-19(12-15)32-23(31-18)10-4-5-11-23/h2-3,6-9,12H,4-5,10-11,13-14H2,1H3,(H,24,28)(H,25,26). The molecule has 0 aromatic heterocycles. The highest BCUT2D eigenvalue weighted by atomic mass is 16.7. The lowest BCUT2D eigenvalue weighted by atomic mass is 10.2. The van der Waals surface area contributed by atoms with E-state index < -0.39 is 30.2 Å². The van der Waals surface area contributed by atoms with Crippen molar-refractivity contribution in [3.8, 4) is 17.2 Å². The zero-order valence-corrected chi connectivity index (χ0v) is 17.6. The van der Waals surface area contributed by atoms with Gasteiger partial charge in [0, 0.05) is 24.6 Å². The lowest BCUT2D eigenvalue weighted by Crippen LogP contribution is -2.34. The highest BCUT2D eigenvalue weighted by Gasteiger charge is 2.44. The van der Waals surface area contributed by atoms with Crippen LogP contribution in [0, 0.1) is 0 Å². The number of para-hydroxylation sites is 1. The summed E-state index contributed by atoms with van der Waals surface area (Å²) < 4.78 is 22.0. The number of hydrogen-bond acceptors (Lipinski definition) is 7. The molecule has 0 radical (unpaired) electrons. The minimum Gasteiger partial charge on any atom is -0.496 e. The van der Waals surface area contributed by atoms with Gasteiger partial charge in [-0.25, -0.2) is 0 Å². The van der Waals surface area contributed by atoms with Gasteiger partial charge in [-0.3, -0.25) is 14.4 Å². The van der Waals surface area contributed by atoms with E-state index in [0.717, 1.165) is 25.7 Å². The normalized spacial score (nSPS) is 15.3. The van der Waals surface area contributed by atoms with E-state index in [2.05, 4.69) is 10.6 Å². The molecular weight excluding hydrogens is 416 g/mol. The Hall–Kier alpha value is -3.75. The summed E-state index contributed by atoms with van der Waals surface area (Å²) in [5.74, 6) is -0.678. The van der Waals surface area contributed by atoms with Crippen LogP contribution in [0.5, 0.6) is 17.2 Å². The Morgan fingerprint density at radius 3 is 2.56 bits per heavy atom. The maximum atomic E-state index is 12.2. The van der Waals surface area contributed by atoms with Gasteiger partial charge in [-0.2, -0.15) is 0 Å². The molecule has 4 rings (SSSR count). The van der Waals surface area contributed by atoms with E-state index in [1.807, 2.05) is 0 Å². The van der Waals surface area contributed by atoms with Gasteiger partial charge < -0.3 is 29.6 Å². The van der Waals surface area contributed by atoms with Gasteiger partial charge in [0.2, 0.25) is 0 Å². The second kappa shape index (κ2) is 9.17. The third-order valence-electron chi connectivity index (χ3n) is 5.29. The van der Waals surface area contributed by atoms with Gasteiger partial charge in [0.05, 0.1) is 12.7 Å². The van der Waals surface area contributed by atoms with E-state index in [0.29, 0.717) is 28.5 Å². The van der Waals surface area contributed by atoms with E-state index in [1.165, 1.54) is 7.11 Å². The highest BCUT2D eigenvalue weighted by molar-refractivity contribution is 5.98. The lowest BCUT2D eigenvalue weighted by molar-refractivity contribution is -0.146. The van der Waals surface area contributed by atoms with Crippen LogP contribution >= 0.6 is 0 Å². The molecule has 2 amide bonds. The van der Waals surface area contributed by atoms with Crippen molar-refractivity contribution in [2.75, 3.05) is 25.6 Å². The first-order valence-electron chi connectivity index (χ1n) is 10.4. The molecule has 0 atom stereocenters. The van der Waals surface area contributed by atoms with Crippen LogP contribution in [0.1, 0.15) is 36.0 Å². The van der Waals surface area contributed by atoms with Crippen LogP contribution in [-0.4, -0.2) is 43.8 Å². The maximum absolute atomic E-state index is 12.2. The van der Waals surface area contributed by atoms with Crippen molar-refractivity contribution in [3.05, 3.63) is 48.0 Å². The molecule has 2 N–H and O–H groups in total. The van der Waals surface area contributed by atoms with Crippen LogP contribution in [0.25, 0.3) is 0 Å². The number of amides is 2. The molecule has 168 valence electrons. The van der Waals surface area contributed by atoms with Crippen LogP contribution in [0.4, 0.5) is 5.69 Å². The van der Waals surface area contributed by atoms with Gasteiger partial charge in [0.25, 0.3) is 17.6 Å². The predicted octanol–water partition coefficient (Wildman–Crippen LogP) is 2.65. The van der Waals surface area contributed by atoms with Crippen LogP contribution in [0.3, 0.4) is 0 Å². The summed E-state index contributed by atoms with van der Waals surface area (Å²) in [5.41, 5.74) is 0.802. The molecule has 2 aromatic carbocycles. The summed E-state index contributed by atoms with van der Waals surface area (Å²) >= 11 is 0. The van der Waals surface area contributed by atoms with E-state index in [9.17, 15) is 14.4 Å². The smallest absolute Gasteiger partial charge is 0.325 e. The first-order valence-corrected chi connectivity index (χ1v) is 10.4. The quantitative estimate of drug-likeness (QED) is 0.637. The summed E-state index contributed by atoms with van der Waals surface area (Å²) in [6.45, 7) is -0.863. The third-order valence-corrected chi connectivity index (χ3v) is 5.29. The zero-order chi connectivity index (χ0) is 22.6. The number of anilines is 1.